The second-order valence-electron chi connectivity index (χ2n) is 6.82. The fraction of sp³-hybridized carbons (Fsp3) is 0.474. The molecule has 2 atom stereocenters. The van der Waals surface area contributed by atoms with Gasteiger partial charge in [0, 0.05) is 18.5 Å². The minimum atomic E-state index is -0.646. The van der Waals surface area contributed by atoms with Crippen LogP contribution in [0.15, 0.2) is 24.3 Å². The van der Waals surface area contributed by atoms with Gasteiger partial charge in [-0.3, -0.25) is 9.78 Å². The Labute approximate surface area is 142 Å². The highest BCUT2D eigenvalue weighted by Crippen LogP contribution is 2.22. The topological polar surface area (TPSA) is 62.7 Å². The summed E-state index contributed by atoms with van der Waals surface area (Å²) >= 11 is 0. The highest BCUT2D eigenvalue weighted by Gasteiger charge is 2.36. The van der Waals surface area contributed by atoms with Crippen molar-refractivity contribution < 1.29 is 14.6 Å². The van der Waals surface area contributed by atoms with E-state index < -0.39 is 6.10 Å². The predicted octanol–water partition coefficient (Wildman–Crippen LogP) is 2.46. The number of hydrogen-bond donors (Lipinski definition) is 1. The van der Waals surface area contributed by atoms with Gasteiger partial charge in [-0.1, -0.05) is 11.6 Å². The first kappa shape index (κ1) is 16.9. The van der Waals surface area contributed by atoms with E-state index in [1.807, 2.05) is 52.0 Å². The zero-order chi connectivity index (χ0) is 17.4. The number of ether oxygens (including phenoxy) is 1. The summed E-state index contributed by atoms with van der Waals surface area (Å²) in [6.45, 7) is 8.42. The van der Waals surface area contributed by atoms with Gasteiger partial charge in [0.15, 0.2) is 0 Å². The van der Waals surface area contributed by atoms with Crippen molar-refractivity contribution >= 4 is 16.8 Å². The highest BCUT2D eigenvalue weighted by molar-refractivity contribution is 5.99. The second-order valence-corrected chi connectivity index (χ2v) is 6.82. The molecule has 24 heavy (non-hydrogen) atoms. The molecule has 5 nitrogen and oxygen atoms in total. The minimum Gasteiger partial charge on any atom is -0.388 e. The van der Waals surface area contributed by atoms with Crippen molar-refractivity contribution in [1.29, 1.82) is 0 Å². The van der Waals surface area contributed by atoms with Crippen LogP contribution in [0, 0.1) is 13.8 Å². The zero-order valence-electron chi connectivity index (χ0n) is 14.6. The summed E-state index contributed by atoms with van der Waals surface area (Å²) in [6, 6.07) is 7.91. The van der Waals surface area contributed by atoms with Crippen molar-refractivity contribution in [3.8, 4) is 0 Å². The van der Waals surface area contributed by atoms with E-state index in [2.05, 4.69) is 4.98 Å². The zero-order valence-corrected chi connectivity index (χ0v) is 14.6. The van der Waals surface area contributed by atoms with Crippen LogP contribution in [-0.2, 0) is 4.74 Å². The number of hydrogen-bond acceptors (Lipinski definition) is 4. The molecule has 0 aliphatic carbocycles. The third-order valence-electron chi connectivity index (χ3n) is 4.36. The normalized spacial score (nSPS) is 21.0. The van der Waals surface area contributed by atoms with Gasteiger partial charge in [-0.2, -0.15) is 0 Å². The molecule has 1 aliphatic heterocycles. The largest absolute Gasteiger partial charge is 0.388 e. The number of likely N-dealkylation sites (tertiary alicyclic amines) is 1. The van der Waals surface area contributed by atoms with Crippen molar-refractivity contribution in [3.63, 3.8) is 0 Å². The molecule has 0 spiro atoms. The van der Waals surface area contributed by atoms with Gasteiger partial charge in [0.1, 0.15) is 6.10 Å². The van der Waals surface area contributed by atoms with Gasteiger partial charge in [0.05, 0.1) is 29.0 Å². The van der Waals surface area contributed by atoms with E-state index in [-0.39, 0.29) is 18.1 Å². The fourth-order valence-electron chi connectivity index (χ4n) is 3.18. The summed E-state index contributed by atoms with van der Waals surface area (Å²) in [5, 5.41) is 11.1. The van der Waals surface area contributed by atoms with E-state index in [0.717, 1.165) is 16.5 Å². The smallest absolute Gasteiger partial charge is 0.255 e. The number of amides is 1. The monoisotopic (exact) mass is 328 g/mol. The number of rotatable bonds is 3. The Hall–Kier alpha value is -1.98. The minimum absolute atomic E-state index is 0.0201. The van der Waals surface area contributed by atoms with Crippen LogP contribution in [0.1, 0.15) is 35.5 Å². The van der Waals surface area contributed by atoms with Crippen LogP contribution in [0.3, 0.4) is 0 Å². The SMILES string of the molecule is Cc1ccc2nc(C)c(C(=O)N3C[C@@H](O)[C@H](OC(C)C)C3)cc2c1. The van der Waals surface area contributed by atoms with Gasteiger partial charge >= 0.3 is 0 Å². The van der Waals surface area contributed by atoms with Crippen LogP contribution in [0.2, 0.25) is 0 Å². The number of carbonyl (C=O) groups is 1. The molecule has 2 aromatic rings. The fourth-order valence-corrected chi connectivity index (χ4v) is 3.18. The van der Waals surface area contributed by atoms with E-state index in [9.17, 15) is 9.90 Å². The van der Waals surface area contributed by atoms with Crippen molar-refractivity contribution in [3.05, 3.63) is 41.1 Å². The molecule has 1 aliphatic rings. The lowest BCUT2D eigenvalue weighted by atomic mass is 10.1. The van der Waals surface area contributed by atoms with E-state index in [0.29, 0.717) is 24.3 Å². The van der Waals surface area contributed by atoms with E-state index >= 15 is 0 Å². The van der Waals surface area contributed by atoms with E-state index in [1.165, 1.54) is 0 Å². The third-order valence-corrected chi connectivity index (χ3v) is 4.36. The van der Waals surface area contributed by atoms with Crippen LogP contribution < -0.4 is 0 Å². The quantitative estimate of drug-likeness (QED) is 0.940. The Bertz CT molecular complexity index is 773. The average Bonchev–Trinajstić information content (AvgIpc) is 2.86. The number of aliphatic hydroxyl groups excluding tert-OH is 1. The van der Waals surface area contributed by atoms with Crippen LogP contribution in [0.4, 0.5) is 0 Å². The van der Waals surface area contributed by atoms with Crippen molar-refractivity contribution in [2.24, 2.45) is 0 Å². The van der Waals surface area contributed by atoms with Crippen LogP contribution in [0.25, 0.3) is 10.9 Å². The lowest BCUT2D eigenvalue weighted by molar-refractivity contribution is -0.0394. The maximum absolute atomic E-state index is 12.9. The summed E-state index contributed by atoms with van der Waals surface area (Å²) in [4.78, 5) is 19.1. The highest BCUT2D eigenvalue weighted by atomic mass is 16.5. The molecule has 1 N–H and O–H groups in total. The van der Waals surface area contributed by atoms with Gasteiger partial charge < -0.3 is 14.7 Å². The molecule has 1 aromatic heterocycles. The van der Waals surface area contributed by atoms with Crippen molar-refractivity contribution in [1.82, 2.24) is 9.88 Å². The molecule has 1 amide bonds. The lowest BCUT2D eigenvalue weighted by Crippen LogP contribution is -2.31. The Morgan fingerprint density at radius 3 is 2.75 bits per heavy atom. The number of aliphatic hydroxyl groups is 1. The summed E-state index contributed by atoms with van der Waals surface area (Å²) in [7, 11) is 0. The number of β-amino-alcohol motifs (C(OH)–C–C–N with tert-alkyl or cyclic N) is 1. The van der Waals surface area contributed by atoms with Crippen LogP contribution in [0.5, 0.6) is 0 Å². The van der Waals surface area contributed by atoms with Gasteiger partial charge in [0.25, 0.3) is 5.91 Å². The average molecular weight is 328 g/mol. The lowest BCUT2D eigenvalue weighted by Gasteiger charge is -2.19. The Morgan fingerprint density at radius 2 is 2.04 bits per heavy atom. The summed E-state index contributed by atoms with van der Waals surface area (Å²) in [5.74, 6) is -0.0997. The Kier molecular flexibility index (Phi) is 4.56. The molecule has 1 aromatic carbocycles. The third kappa shape index (κ3) is 3.28. The van der Waals surface area contributed by atoms with Crippen molar-refractivity contribution in [2.45, 2.75) is 46.0 Å². The first-order valence-corrected chi connectivity index (χ1v) is 8.36. The molecular weight excluding hydrogens is 304 g/mol. The predicted molar refractivity (Wildman–Crippen MR) is 93.1 cm³/mol. The number of aromatic nitrogens is 1. The molecule has 2 heterocycles. The maximum Gasteiger partial charge on any atom is 0.255 e. The van der Waals surface area contributed by atoms with Gasteiger partial charge in [-0.25, -0.2) is 0 Å². The summed E-state index contributed by atoms with van der Waals surface area (Å²) in [5.41, 5.74) is 3.32. The van der Waals surface area contributed by atoms with E-state index in [1.54, 1.807) is 4.90 Å². The molecule has 1 saturated heterocycles. The molecule has 0 saturated carbocycles. The number of carbonyl (C=O) groups excluding carboxylic acids is 1. The molecule has 5 heteroatoms. The molecule has 128 valence electrons. The summed E-state index contributed by atoms with van der Waals surface area (Å²) in [6.07, 6.45) is -0.955. The first-order valence-electron chi connectivity index (χ1n) is 8.36. The van der Waals surface area contributed by atoms with Crippen molar-refractivity contribution in [2.75, 3.05) is 13.1 Å². The van der Waals surface area contributed by atoms with Gasteiger partial charge in [-0.05, 0) is 45.9 Å². The standard InChI is InChI=1S/C19H24N2O3/c1-11(2)24-18-10-21(9-17(18)22)19(23)15-8-14-7-12(3)5-6-16(14)20-13(15)4/h5-8,11,17-18,22H,9-10H2,1-4H3/t17-,18-/m1/s1. The van der Waals surface area contributed by atoms with E-state index in [4.69, 9.17) is 4.74 Å². The molecule has 1 fully saturated rings. The number of benzene rings is 1. The Balaban J connectivity index is 1.87. The Morgan fingerprint density at radius 1 is 1.29 bits per heavy atom. The van der Waals surface area contributed by atoms with Gasteiger partial charge in [-0.15, -0.1) is 0 Å². The number of aryl methyl sites for hydroxylation is 2. The summed E-state index contributed by atoms with van der Waals surface area (Å²) < 4.78 is 5.70. The molecule has 3 rings (SSSR count). The maximum atomic E-state index is 12.9. The van der Waals surface area contributed by atoms with Gasteiger partial charge in [0.2, 0.25) is 0 Å². The molecule has 0 radical (unpaired) electrons. The molecular formula is C19H24N2O3. The molecule has 0 unspecified atom stereocenters. The number of pyridine rings is 1. The van der Waals surface area contributed by atoms with Crippen LogP contribution in [-0.4, -0.2) is 52.3 Å². The first-order chi connectivity index (χ1) is 11.3. The second kappa shape index (κ2) is 6.49. The molecule has 0 bridgehead atoms. The number of fused-ring (bicyclic) bond motifs is 1. The number of nitrogens with zero attached hydrogens (tertiary/aromatic N) is 2. The van der Waals surface area contributed by atoms with Crippen LogP contribution >= 0.6 is 0 Å².